The van der Waals surface area contributed by atoms with Crippen molar-refractivity contribution in [2.24, 2.45) is 11.8 Å². The Hall–Kier alpha value is -1.37. The van der Waals surface area contributed by atoms with Gasteiger partial charge in [0.1, 0.15) is 5.78 Å². The smallest absolute Gasteiger partial charge is 0.144 e. The highest BCUT2D eigenvalue weighted by atomic mass is 16.1. The van der Waals surface area contributed by atoms with E-state index in [9.17, 15) is 4.79 Å². The van der Waals surface area contributed by atoms with Crippen LogP contribution < -0.4 is 0 Å². The van der Waals surface area contributed by atoms with E-state index in [4.69, 9.17) is 0 Å². The monoisotopic (exact) mass is 280 g/mol. The van der Waals surface area contributed by atoms with E-state index in [-0.39, 0.29) is 5.41 Å². The largest absolute Gasteiger partial charge is 0.299 e. The van der Waals surface area contributed by atoms with Crippen LogP contribution in [0.2, 0.25) is 0 Å². The molecule has 3 aliphatic rings. The SMILES string of the molecule is CC(C)Cc1ccc2c(c1)C1(CC3=CCC1C3)C(=O)CC2. The zero-order chi connectivity index (χ0) is 14.6. The number of carbonyl (C=O) groups is 1. The van der Waals surface area contributed by atoms with Crippen LogP contribution in [0, 0.1) is 11.8 Å². The summed E-state index contributed by atoms with van der Waals surface area (Å²) in [7, 11) is 0. The Morgan fingerprint density at radius 3 is 2.81 bits per heavy atom. The molecule has 1 saturated carbocycles. The van der Waals surface area contributed by atoms with E-state index >= 15 is 0 Å². The number of hydrogen-bond donors (Lipinski definition) is 0. The fraction of sp³-hybridized carbons (Fsp3) is 0.550. The van der Waals surface area contributed by atoms with E-state index in [1.807, 2.05) is 0 Å². The molecule has 4 rings (SSSR count). The molecule has 0 radical (unpaired) electrons. The molecule has 2 bridgehead atoms. The van der Waals surface area contributed by atoms with Crippen molar-refractivity contribution < 1.29 is 4.79 Å². The molecule has 3 aliphatic carbocycles. The van der Waals surface area contributed by atoms with Crippen LogP contribution in [-0.2, 0) is 23.1 Å². The van der Waals surface area contributed by atoms with Gasteiger partial charge in [-0.05, 0) is 60.6 Å². The zero-order valence-electron chi connectivity index (χ0n) is 13.1. The lowest BCUT2D eigenvalue weighted by atomic mass is 9.61. The summed E-state index contributed by atoms with van der Waals surface area (Å²) < 4.78 is 0. The summed E-state index contributed by atoms with van der Waals surface area (Å²) in [6.45, 7) is 4.53. The number of ketones is 1. The molecule has 2 unspecified atom stereocenters. The van der Waals surface area contributed by atoms with Crippen LogP contribution in [0.1, 0.15) is 56.2 Å². The van der Waals surface area contributed by atoms with Gasteiger partial charge in [-0.25, -0.2) is 0 Å². The van der Waals surface area contributed by atoms with E-state index < -0.39 is 0 Å². The first-order valence-corrected chi connectivity index (χ1v) is 8.43. The van der Waals surface area contributed by atoms with Crippen molar-refractivity contribution in [2.75, 3.05) is 0 Å². The van der Waals surface area contributed by atoms with E-state index in [0.29, 0.717) is 17.6 Å². The number of benzene rings is 1. The molecule has 2 atom stereocenters. The van der Waals surface area contributed by atoms with Gasteiger partial charge in [0.2, 0.25) is 0 Å². The van der Waals surface area contributed by atoms with Crippen LogP contribution >= 0.6 is 0 Å². The molecule has 110 valence electrons. The van der Waals surface area contributed by atoms with Crippen molar-refractivity contribution in [3.05, 3.63) is 46.5 Å². The molecule has 0 saturated heterocycles. The lowest BCUT2D eigenvalue weighted by Gasteiger charge is -2.40. The van der Waals surface area contributed by atoms with Crippen molar-refractivity contribution in [1.29, 1.82) is 0 Å². The Kier molecular flexibility index (Phi) is 2.89. The van der Waals surface area contributed by atoms with Gasteiger partial charge in [0.25, 0.3) is 0 Å². The second-order valence-corrected chi connectivity index (χ2v) is 7.66. The molecule has 1 heteroatoms. The summed E-state index contributed by atoms with van der Waals surface area (Å²) >= 11 is 0. The second kappa shape index (κ2) is 4.56. The topological polar surface area (TPSA) is 17.1 Å². The predicted molar refractivity (Wildman–Crippen MR) is 85.4 cm³/mol. The summed E-state index contributed by atoms with van der Waals surface area (Å²) in [5, 5.41) is 0. The Bertz CT molecular complexity index is 637. The quantitative estimate of drug-likeness (QED) is 0.735. The average molecular weight is 280 g/mol. The number of carbonyl (C=O) groups excluding carboxylic acids is 1. The van der Waals surface area contributed by atoms with Gasteiger partial charge in [0.05, 0.1) is 5.41 Å². The maximum Gasteiger partial charge on any atom is 0.144 e. The van der Waals surface area contributed by atoms with Crippen molar-refractivity contribution in [3.63, 3.8) is 0 Å². The van der Waals surface area contributed by atoms with Crippen LogP contribution in [0.25, 0.3) is 0 Å². The summed E-state index contributed by atoms with van der Waals surface area (Å²) in [6, 6.07) is 6.98. The number of fused-ring (bicyclic) bond motifs is 5. The van der Waals surface area contributed by atoms with Crippen molar-refractivity contribution in [3.8, 4) is 0 Å². The van der Waals surface area contributed by atoms with Crippen LogP contribution in [-0.4, -0.2) is 5.78 Å². The maximum absolute atomic E-state index is 12.9. The number of Topliss-reactive ketones (excluding diaryl/α,β-unsaturated/α-hetero) is 1. The molecule has 0 aromatic heterocycles. The van der Waals surface area contributed by atoms with Crippen LogP contribution in [0.5, 0.6) is 0 Å². The second-order valence-electron chi connectivity index (χ2n) is 7.66. The third-order valence-electron chi connectivity index (χ3n) is 5.82. The summed E-state index contributed by atoms with van der Waals surface area (Å²) in [5.41, 5.74) is 5.63. The normalized spacial score (nSPS) is 30.1. The Labute approximate surface area is 127 Å². The number of hydrogen-bond acceptors (Lipinski definition) is 1. The number of rotatable bonds is 2. The molecule has 21 heavy (non-hydrogen) atoms. The van der Waals surface area contributed by atoms with Gasteiger partial charge in [0.15, 0.2) is 0 Å². The Balaban J connectivity index is 1.83. The van der Waals surface area contributed by atoms with Gasteiger partial charge < -0.3 is 0 Å². The highest BCUT2D eigenvalue weighted by Crippen LogP contribution is 2.57. The van der Waals surface area contributed by atoms with Gasteiger partial charge in [-0.1, -0.05) is 43.7 Å². The van der Waals surface area contributed by atoms with E-state index in [0.717, 1.165) is 32.1 Å². The molecule has 1 nitrogen and oxygen atoms in total. The average Bonchev–Trinajstić information content (AvgIpc) is 3.04. The van der Waals surface area contributed by atoms with Gasteiger partial charge in [-0.15, -0.1) is 0 Å². The van der Waals surface area contributed by atoms with Crippen molar-refractivity contribution in [1.82, 2.24) is 0 Å². The Morgan fingerprint density at radius 2 is 2.14 bits per heavy atom. The molecule has 1 spiro atoms. The standard InChI is InChI=1S/C20H24O/c1-13(2)9-14-3-5-16-6-8-19(21)20(18(16)11-14)12-15-4-7-17(20)10-15/h3-5,11,13,17H,6-10,12H2,1-2H3. The van der Waals surface area contributed by atoms with Crippen molar-refractivity contribution >= 4 is 5.78 Å². The highest BCUT2D eigenvalue weighted by molar-refractivity contribution is 5.94. The highest BCUT2D eigenvalue weighted by Gasteiger charge is 2.54. The lowest BCUT2D eigenvalue weighted by Crippen LogP contribution is -2.43. The fourth-order valence-electron chi connectivity index (χ4n) is 4.93. The number of allylic oxidation sites excluding steroid dienone is 2. The zero-order valence-corrected chi connectivity index (χ0v) is 13.1. The minimum atomic E-state index is -0.148. The summed E-state index contributed by atoms with van der Waals surface area (Å²) in [5.74, 6) is 1.74. The predicted octanol–water partition coefficient (Wildman–Crippen LogP) is 4.38. The maximum atomic E-state index is 12.9. The Morgan fingerprint density at radius 1 is 1.29 bits per heavy atom. The molecule has 1 aromatic carbocycles. The molecule has 1 aromatic rings. The van der Waals surface area contributed by atoms with Gasteiger partial charge in [0, 0.05) is 6.42 Å². The molecule has 0 amide bonds. The molecular weight excluding hydrogens is 256 g/mol. The third kappa shape index (κ3) is 1.86. The fourth-order valence-corrected chi connectivity index (χ4v) is 4.93. The molecule has 0 heterocycles. The molecule has 0 aliphatic heterocycles. The van der Waals surface area contributed by atoms with Crippen LogP contribution in [0.15, 0.2) is 29.8 Å². The van der Waals surface area contributed by atoms with Crippen LogP contribution in [0.3, 0.4) is 0 Å². The van der Waals surface area contributed by atoms with E-state index in [1.165, 1.54) is 28.7 Å². The molecule has 0 N–H and O–H groups in total. The van der Waals surface area contributed by atoms with Gasteiger partial charge in [-0.3, -0.25) is 4.79 Å². The minimum absolute atomic E-state index is 0.148. The van der Waals surface area contributed by atoms with Crippen molar-refractivity contribution in [2.45, 2.75) is 57.8 Å². The van der Waals surface area contributed by atoms with Crippen LogP contribution in [0.4, 0.5) is 0 Å². The van der Waals surface area contributed by atoms with E-state index in [1.54, 1.807) is 0 Å². The molecular formula is C20H24O. The first kappa shape index (κ1) is 13.3. The number of aryl methyl sites for hydroxylation is 1. The first-order valence-electron chi connectivity index (χ1n) is 8.43. The minimum Gasteiger partial charge on any atom is -0.299 e. The lowest BCUT2D eigenvalue weighted by molar-refractivity contribution is -0.126. The van der Waals surface area contributed by atoms with Gasteiger partial charge in [-0.2, -0.15) is 0 Å². The summed E-state index contributed by atoms with van der Waals surface area (Å²) in [6.07, 6.45) is 8.49. The van der Waals surface area contributed by atoms with E-state index in [2.05, 4.69) is 38.1 Å². The molecule has 1 fully saturated rings. The van der Waals surface area contributed by atoms with Gasteiger partial charge >= 0.3 is 0 Å². The first-order chi connectivity index (χ1) is 10.1. The summed E-state index contributed by atoms with van der Waals surface area (Å²) in [4.78, 5) is 12.9. The third-order valence-corrected chi connectivity index (χ3v) is 5.82.